The van der Waals surface area contributed by atoms with Crippen molar-refractivity contribution in [3.8, 4) is 0 Å². The predicted octanol–water partition coefficient (Wildman–Crippen LogP) is 2.97. The first-order chi connectivity index (χ1) is 9.79. The van der Waals surface area contributed by atoms with Gasteiger partial charge in [0.15, 0.2) is 0 Å². The van der Waals surface area contributed by atoms with Crippen molar-refractivity contribution in [3.63, 3.8) is 0 Å². The molecule has 2 N–H and O–H groups in total. The molecule has 1 heterocycles. The molecule has 1 aromatic carbocycles. The normalized spacial score (nSPS) is 14.4. The van der Waals surface area contributed by atoms with Crippen LogP contribution >= 0.6 is 0 Å². The molecule has 4 nitrogen and oxygen atoms in total. The first kappa shape index (κ1) is 15.7. The monoisotopic (exact) mass is 286 g/mol. The Morgan fingerprint density at radius 3 is 2.67 bits per heavy atom. The molecule has 0 aliphatic rings. The van der Waals surface area contributed by atoms with Gasteiger partial charge in [-0.15, -0.1) is 0 Å². The number of rotatable bonds is 5. The summed E-state index contributed by atoms with van der Waals surface area (Å²) < 4.78 is 1.97. The van der Waals surface area contributed by atoms with E-state index in [1.165, 1.54) is 16.7 Å². The number of benzene rings is 1. The predicted molar refractivity (Wildman–Crippen MR) is 86.0 cm³/mol. The van der Waals surface area contributed by atoms with Crippen molar-refractivity contribution in [1.29, 1.82) is 0 Å². The van der Waals surface area contributed by atoms with Gasteiger partial charge >= 0.3 is 0 Å². The minimum Gasteiger partial charge on any atom is -0.321 e. The Labute approximate surface area is 127 Å². The fraction of sp³-hybridized carbons (Fsp3) is 0.529. The highest BCUT2D eigenvalue weighted by molar-refractivity contribution is 5.36. The van der Waals surface area contributed by atoms with Crippen LogP contribution in [0.1, 0.15) is 43.3 Å². The van der Waals surface area contributed by atoms with Crippen LogP contribution in [0.5, 0.6) is 0 Å². The molecule has 0 spiro atoms. The Kier molecular flexibility index (Phi) is 4.47. The zero-order valence-electron chi connectivity index (χ0n) is 13.7. The lowest BCUT2D eigenvalue weighted by Crippen LogP contribution is -2.37. The van der Waals surface area contributed by atoms with E-state index in [9.17, 15) is 0 Å². The molecule has 0 aliphatic heterocycles. The van der Waals surface area contributed by atoms with Crippen molar-refractivity contribution >= 4 is 0 Å². The number of hydrogen-bond donors (Lipinski definition) is 1. The van der Waals surface area contributed by atoms with Crippen LogP contribution in [-0.4, -0.2) is 14.8 Å². The number of aryl methyl sites for hydroxylation is 2. The minimum atomic E-state index is -0.447. The summed E-state index contributed by atoms with van der Waals surface area (Å²) in [5, 5.41) is 4.32. The van der Waals surface area contributed by atoms with E-state index in [1.54, 1.807) is 6.33 Å². The van der Waals surface area contributed by atoms with E-state index in [2.05, 4.69) is 62.9 Å². The Morgan fingerprint density at radius 2 is 2.00 bits per heavy atom. The van der Waals surface area contributed by atoms with Crippen molar-refractivity contribution in [2.24, 2.45) is 11.7 Å². The van der Waals surface area contributed by atoms with Crippen molar-refractivity contribution < 1.29 is 0 Å². The fourth-order valence-corrected chi connectivity index (χ4v) is 2.70. The number of nitrogens with zero attached hydrogens (tertiary/aromatic N) is 3. The largest absolute Gasteiger partial charge is 0.321 e. The second-order valence-electron chi connectivity index (χ2n) is 6.66. The molecule has 2 rings (SSSR count). The third-order valence-corrected chi connectivity index (χ3v) is 3.77. The van der Waals surface area contributed by atoms with Crippen LogP contribution in [0.3, 0.4) is 0 Å². The van der Waals surface area contributed by atoms with Gasteiger partial charge in [-0.2, -0.15) is 5.10 Å². The highest BCUT2D eigenvalue weighted by Gasteiger charge is 2.26. The maximum atomic E-state index is 6.62. The van der Waals surface area contributed by atoms with Gasteiger partial charge in [-0.25, -0.2) is 9.67 Å². The van der Waals surface area contributed by atoms with E-state index in [0.717, 1.165) is 12.4 Å². The minimum absolute atomic E-state index is 0.447. The maximum Gasteiger partial charge on any atom is 0.138 e. The Morgan fingerprint density at radius 1 is 1.29 bits per heavy atom. The van der Waals surface area contributed by atoms with Crippen LogP contribution in [0.2, 0.25) is 0 Å². The van der Waals surface area contributed by atoms with Gasteiger partial charge in [0.05, 0.1) is 0 Å². The average molecular weight is 286 g/mol. The zero-order chi connectivity index (χ0) is 15.6. The Bertz CT molecular complexity index is 611. The highest BCUT2D eigenvalue weighted by atomic mass is 15.3. The average Bonchev–Trinajstić information content (AvgIpc) is 2.78. The van der Waals surface area contributed by atoms with Crippen molar-refractivity contribution in [2.75, 3.05) is 0 Å². The second-order valence-corrected chi connectivity index (χ2v) is 6.66. The summed E-state index contributed by atoms with van der Waals surface area (Å²) in [5.74, 6) is 1.49. The molecule has 0 fully saturated rings. The van der Waals surface area contributed by atoms with E-state index < -0.39 is 5.54 Å². The lowest BCUT2D eigenvalue weighted by Gasteiger charge is -2.27. The van der Waals surface area contributed by atoms with Gasteiger partial charge in [-0.05, 0) is 37.8 Å². The molecule has 2 aromatic rings. The summed E-state index contributed by atoms with van der Waals surface area (Å²) >= 11 is 0. The molecule has 1 atom stereocenters. The molecule has 1 unspecified atom stereocenters. The molecule has 0 saturated heterocycles. The molecule has 21 heavy (non-hydrogen) atoms. The molecule has 4 heteroatoms. The summed E-state index contributed by atoms with van der Waals surface area (Å²) in [6.07, 6.45) is 2.31. The van der Waals surface area contributed by atoms with Crippen LogP contribution in [0.25, 0.3) is 0 Å². The second kappa shape index (κ2) is 5.98. The van der Waals surface area contributed by atoms with Gasteiger partial charge in [0, 0.05) is 18.5 Å². The smallest absolute Gasteiger partial charge is 0.138 e. The van der Waals surface area contributed by atoms with Crippen molar-refractivity contribution in [2.45, 2.75) is 53.1 Å². The quantitative estimate of drug-likeness (QED) is 0.919. The van der Waals surface area contributed by atoms with Crippen molar-refractivity contribution in [3.05, 3.63) is 47.0 Å². The van der Waals surface area contributed by atoms with Gasteiger partial charge in [0.25, 0.3) is 0 Å². The van der Waals surface area contributed by atoms with E-state index in [-0.39, 0.29) is 0 Å². The number of hydrogen-bond acceptors (Lipinski definition) is 3. The third kappa shape index (κ3) is 3.70. The first-order valence-electron chi connectivity index (χ1n) is 7.53. The first-order valence-corrected chi connectivity index (χ1v) is 7.53. The van der Waals surface area contributed by atoms with Crippen LogP contribution in [0, 0.1) is 19.8 Å². The molecule has 0 radical (unpaired) electrons. The molecule has 0 aliphatic carbocycles. The van der Waals surface area contributed by atoms with E-state index >= 15 is 0 Å². The zero-order valence-corrected chi connectivity index (χ0v) is 13.7. The number of aromatic nitrogens is 3. The lowest BCUT2D eigenvalue weighted by molar-refractivity contribution is 0.421. The van der Waals surface area contributed by atoms with E-state index in [4.69, 9.17) is 5.73 Å². The van der Waals surface area contributed by atoms with Crippen LogP contribution in [-0.2, 0) is 18.5 Å². The summed E-state index contributed by atoms with van der Waals surface area (Å²) in [6.45, 7) is 11.5. The fourth-order valence-electron chi connectivity index (χ4n) is 2.70. The molecular formula is C17H26N4. The molecule has 0 bridgehead atoms. The van der Waals surface area contributed by atoms with Gasteiger partial charge < -0.3 is 5.73 Å². The summed E-state index contributed by atoms with van der Waals surface area (Å²) in [5.41, 5.74) is 9.81. The van der Waals surface area contributed by atoms with Crippen LogP contribution in [0.4, 0.5) is 0 Å². The van der Waals surface area contributed by atoms with Crippen molar-refractivity contribution in [1.82, 2.24) is 14.8 Å². The Balaban J connectivity index is 2.29. The van der Waals surface area contributed by atoms with Crippen LogP contribution < -0.4 is 5.73 Å². The Hall–Kier alpha value is -1.68. The third-order valence-electron chi connectivity index (χ3n) is 3.77. The topological polar surface area (TPSA) is 56.7 Å². The molecular weight excluding hydrogens is 260 g/mol. The van der Waals surface area contributed by atoms with Gasteiger partial charge in [0.2, 0.25) is 0 Å². The molecule has 0 saturated carbocycles. The highest BCUT2D eigenvalue weighted by Crippen LogP contribution is 2.26. The summed E-state index contributed by atoms with van der Waals surface area (Å²) in [7, 11) is 0. The summed E-state index contributed by atoms with van der Waals surface area (Å²) in [4.78, 5) is 4.40. The molecule has 114 valence electrons. The number of nitrogens with two attached hydrogens (primary N) is 1. The van der Waals surface area contributed by atoms with Gasteiger partial charge in [0.1, 0.15) is 12.2 Å². The van der Waals surface area contributed by atoms with E-state index in [1.807, 2.05) is 4.68 Å². The maximum absolute atomic E-state index is 6.62. The lowest BCUT2D eigenvalue weighted by atomic mass is 9.85. The molecule has 1 aromatic heterocycles. The molecule has 0 amide bonds. The SMILES string of the molecule is Cc1ccc(C)c(C(C)(N)Cc2ncnn2CC(C)C)c1. The summed E-state index contributed by atoms with van der Waals surface area (Å²) in [6, 6.07) is 6.43. The van der Waals surface area contributed by atoms with E-state index in [0.29, 0.717) is 12.3 Å². The van der Waals surface area contributed by atoms with Gasteiger partial charge in [-0.3, -0.25) is 0 Å². The van der Waals surface area contributed by atoms with Crippen LogP contribution in [0.15, 0.2) is 24.5 Å². The standard InChI is InChI=1S/C17H26N4/c1-12(2)10-21-16(19-11-20-21)9-17(5,18)15-8-13(3)6-7-14(15)4/h6-8,11-12H,9-10,18H2,1-5H3. The van der Waals surface area contributed by atoms with Gasteiger partial charge in [-0.1, -0.05) is 37.6 Å².